The van der Waals surface area contributed by atoms with Gasteiger partial charge in [0.05, 0.1) is 17.7 Å². The van der Waals surface area contributed by atoms with Gasteiger partial charge in [-0.05, 0) is 25.8 Å². The summed E-state index contributed by atoms with van der Waals surface area (Å²) in [6.45, 7) is 6.25. The van der Waals surface area contributed by atoms with Gasteiger partial charge in [-0.3, -0.25) is 9.59 Å². The van der Waals surface area contributed by atoms with Crippen LogP contribution in [-0.4, -0.2) is 28.3 Å². The first-order chi connectivity index (χ1) is 9.52. The summed E-state index contributed by atoms with van der Waals surface area (Å²) in [5, 5.41) is 1.10. The molecule has 7 heteroatoms. The van der Waals surface area contributed by atoms with Crippen LogP contribution < -0.4 is 5.56 Å². The van der Waals surface area contributed by atoms with Gasteiger partial charge in [-0.25, -0.2) is 4.98 Å². The maximum Gasteiger partial charge on any atom is 0.316 e. The number of thioether (sulfide) groups is 1. The SMILES string of the molecule is CCCOC(=O)CSc1nc2sc(C)c(C)c2c(=O)[nH]1. The maximum absolute atomic E-state index is 12.0. The number of nitrogens with one attached hydrogen (secondary N) is 1. The number of H-pyrrole nitrogens is 1. The molecule has 0 aliphatic carbocycles. The lowest BCUT2D eigenvalue weighted by Gasteiger charge is -2.02. The molecule has 0 amide bonds. The van der Waals surface area contributed by atoms with Crippen LogP contribution in [-0.2, 0) is 9.53 Å². The second kappa shape index (κ2) is 6.41. The van der Waals surface area contributed by atoms with E-state index in [2.05, 4.69) is 9.97 Å². The number of hydrogen-bond acceptors (Lipinski definition) is 6. The number of esters is 1. The van der Waals surface area contributed by atoms with Crippen LogP contribution in [0.3, 0.4) is 0 Å². The first-order valence-corrected chi connectivity index (χ1v) is 8.11. The highest BCUT2D eigenvalue weighted by molar-refractivity contribution is 7.99. The second-order valence-electron chi connectivity index (χ2n) is 4.34. The summed E-state index contributed by atoms with van der Waals surface area (Å²) >= 11 is 2.68. The number of hydrogen-bond donors (Lipinski definition) is 1. The van der Waals surface area contributed by atoms with Crippen molar-refractivity contribution in [3.8, 4) is 0 Å². The number of aromatic amines is 1. The number of thiophene rings is 1. The van der Waals surface area contributed by atoms with Crippen molar-refractivity contribution >= 4 is 39.3 Å². The van der Waals surface area contributed by atoms with Gasteiger partial charge in [-0.2, -0.15) is 0 Å². The maximum atomic E-state index is 12.0. The van der Waals surface area contributed by atoms with Gasteiger partial charge in [0.2, 0.25) is 0 Å². The molecule has 0 unspecified atom stereocenters. The van der Waals surface area contributed by atoms with Crippen LogP contribution in [0.15, 0.2) is 9.95 Å². The summed E-state index contributed by atoms with van der Waals surface area (Å²) in [6.07, 6.45) is 0.797. The summed E-state index contributed by atoms with van der Waals surface area (Å²) < 4.78 is 4.98. The molecule has 0 atom stereocenters. The molecule has 0 spiro atoms. The minimum atomic E-state index is -0.293. The lowest BCUT2D eigenvalue weighted by atomic mass is 10.2. The zero-order valence-corrected chi connectivity index (χ0v) is 13.2. The topological polar surface area (TPSA) is 72.0 Å². The van der Waals surface area contributed by atoms with E-state index < -0.39 is 0 Å². The van der Waals surface area contributed by atoms with Gasteiger partial charge in [0.1, 0.15) is 4.83 Å². The van der Waals surface area contributed by atoms with Crippen molar-refractivity contribution in [2.75, 3.05) is 12.4 Å². The summed E-state index contributed by atoms with van der Waals surface area (Å²) in [5.74, 6) is -0.143. The molecular weight excluding hydrogens is 296 g/mol. The molecular formula is C13H16N2O3S2. The largest absolute Gasteiger partial charge is 0.465 e. The molecule has 0 aromatic carbocycles. The molecule has 0 radical (unpaired) electrons. The highest BCUT2D eigenvalue weighted by Crippen LogP contribution is 2.27. The highest BCUT2D eigenvalue weighted by atomic mass is 32.2. The molecule has 1 N–H and O–H groups in total. The molecule has 20 heavy (non-hydrogen) atoms. The fourth-order valence-electron chi connectivity index (χ4n) is 1.69. The van der Waals surface area contributed by atoms with Crippen molar-refractivity contribution in [1.29, 1.82) is 0 Å². The van der Waals surface area contributed by atoms with Gasteiger partial charge in [-0.15, -0.1) is 11.3 Å². The Morgan fingerprint density at radius 2 is 2.20 bits per heavy atom. The number of rotatable bonds is 5. The highest BCUT2D eigenvalue weighted by Gasteiger charge is 2.13. The van der Waals surface area contributed by atoms with E-state index in [1.54, 1.807) is 0 Å². The Morgan fingerprint density at radius 3 is 2.90 bits per heavy atom. The number of carbonyl (C=O) groups is 1. The van der Waals surface area contributed by atoms with Gasteiger partial charge in [0, 0.05) is 4.88 Å². The van der Waals surface area contributed by atoms with Gasteiger partial charge in [0.15, 0.2) is 5.16 Å². The van der Waals surface area contributed by atoms with Crippen molar-refractivity contribution < 1.29 is 9.53 Å². The quantitative estimate of drug-likeness (QED) is 0.522. The van der Waals surface area contributed by atoms with E-state index in [-0.39, 0.29) is 17.3 Å². The molecule has 0 saturated carbocycles. The van der Waals surface area contributed by atoms with E-state index >= 15 is 0 Å². The predicted molar refractivity (Wildman–Crippen MR) is 81.7 cm³/mol. The Balaban J connectivity index is 2.16. The van der Waals surface area contributed by atoms with Gasteiger partial charge in [0.25, 0.3) is 5.56 Å². The molecule has 5 nitrogen and oxygen atoms in total. The van der Waals surface area contributed by atoms with Crippen LogP contribution >= 0.6 is 23.1 Å². The first kappa shape index (κ1) is 15.1. The molecule has 2 heterocycles. The number of carbonyl (C=O) groups excluding carboxylic acids is 1. The zero-order chi connectivity index (χ0) is 14.7. The first-order valence-electron chi connectivity index (χ1n) is 6.31. The van der Waals surface area contributed by atoms with Crippen LogP contribution in [0.2, 0.25) is 0 Å². The van der Waals surface area contributed by atoms with Crippen molar-refractivity contribution in [1.82, 2.24) is 9.97 Å². The molecule has 108 valence electrons. The molecule has 0 aliphatic heterocycles. The lowest BCUT2D eigenvalue weighted by molar-refractivity contribution is -0.140. The van der Waals surface area contributed by atoms with Gasteiger partial charge < -0.3 is 9.72 Å². The second-order valence-corrected chi connectivity index (χ2v) is 6.51. The minimum absolute atomic E-state index is 0.151. The molecule has 2 aromatic rings. The third-order valence-corrected chi connectivity index (χ3v) is 4.76. The molecule has 0 bridgehead atoms. The third-order valence-electron chi connectivity index (χ3n) is 2.81. The summed E-state index contributed by atoms with van der Waals surface area (Å²) in [6, 6.07) is 0. The Bertz CT molecular complexity index is 691. The van der Waals surface area contributed by atoms with Crippen LogP contribution in [0.1, 0.15) is 23.8 Å². The van der Waals surface area contributed by atoms with Crippen molar-refractivity contribution in [3.05, 3.63) is 20.8 Å². The van der Waals surface area contributed by atoms with E-state index in [0.29, 0.717) is 22.0 Å². The van der Waals surface area contributed by atoms with E-state index in [0.717, 1.165) is 16.9 Å². The summed E-state index contributed by atoms with van der Waals surface area (Å²) in [7, 11) is 0. The van der Waals surface area contributed by atoms with Gasteiger partial charge in [-0.1, -0.05) is 18.7 Å². The Hall–Kier alpha value is -1.34. The average molecular weight is 312 g/mol. The van der Waals surface area contributed by atoms with Crippen molar-refractivity contribution in [3.63, 3.8) is 0 Å². The fraction of sp³-hybridized carbons (Fsp3) is 0.462. The van der Waals surface area contributed by atoms with Crippen molar-refractivity contribution in [2.45, 2.75) is 32.3 Å². The van der Waals surface area contributed by atoms with E-state index in [1.165, 1.54) is 23.1 Å². The Kier molecular flexibility index (Phi) is 4.82. The standard InChI is InChI=1S/C13H16N2O3S2/c1-4-5-18-9(16)6-19-13-14-11(17)10-7(2)8(3)20-12(10)15-13/h4-6H2,1-3H3,(H,14,15,17). The third kappa shape index (κ3) is 3.21. The van der Waals surface area contributed by atoms with E-state index in [9.17, 15) is 9.59 Å². The Morgan fingerprint density at radius 1 is 1.45 bits per heavy atom. The molecule has 0 fully saturated rings. The number of aryl methyl sites for hydroxylation is 2. The van der Waals surface area contributed by atoms with Crippen LogP contribution in [0.25, 0.3) is 10.2 Å². The van der Waals surface area contributed by atoms with Crippen LogP contribution in [0.4, 0.5) is 0 Å². The zero-order valence-electron chi connectivity index (χ0n) is 11.6. The predicted octanol–water partition coefficient (Wildman–Crippen LogP) is 2.65. The van der Waals surface area contributed by atoms with E-state index in [4.69, 9.17) is 4.74 Å². The summed E-state index contributed by atoms with van der Waals surface area (Å²) in [5.41, 5.74) is 0.818. The summed E-state index contributed by atoms with van der Waals surface area (Å²) in [4.78, 5) is 32.4. The molecule has 0 aliphatic rings. The fourth-order valence-corrected chi connectivity index (χ4v) is 3.43. The minimum Gasteiger partial charge on any atom is -0.465 e. The molecule has 0 saturated heterocycles. The monoisotopic (exact) mass is 312 g/mol. The average Bonchev–Trinajstić information content (AvgIpc) is 2.69. The number of ether oxygens (including phenoxy) is 1. The van der Waals surface area contributed by atoms with Crippen molar-refractivity contribution in [2.24, 2.45) is 0 Å². The van der Waals surface area contributed by atoms with Crippen LogP contribution in [0, 0.1) is 13.8 Å². The Labute approximate surface area is 124 Å². The van der Waals surface area contributed by atoms with E-state index in [1.807, 2.05) is 20.8 Å². The molecule has 2 aromatic heterocycles. The van der Waals surface area contributed by atoms with Crippen LogP contribution in [0.5, 0.6) is 0 Å². The smallest absolute Gasteiger partial charge is 0.316 e. The number of nitrogens with zero attached hydrogens (tertiary/aromatic N) is 1. The van der Waals surface area contributed by atoms with Gasteiger partial charge >= 0.3 is 5.97 Å². The normalized spacial score (nSPS) is 10.9. The molecule has 2 rings (SSSR count). The number of aromatic nitrogens is 2. The lowest BCUT2D eigenvalue weighted by Crippen LogP contribution is -2.11. The number of fused-ring (bicyclic) bond motifs is 1.